The second-order valence-corrected chi connectivity index (χ2v) is 8.17. The Kier molecular flexibility index (Phi) is 5.85. The number of aliphatic imine (C=N–C) groups is 1. The molecule has 2 aromatic rings. The van der Waals surface area contributed by atoms with Crippen molar-refractivity contribution in [1.29, 1.82) is 0 Å². The first-order valence-electron chi connectivity index (χ1n) is 9.76. The number of nitrogens with one attached hydrogen (secondary N) is 1. The van der Waals surface area contributed by atoms with Crippen molar-refractivity contribution in [3.05, 3.63) is 71.8 Å². The molecule has 0 saturated carbocycles. The summed E-state index contributed by atoms with van der Waals surface area (Å²) >= 11 is 1.62. The van der Waals surface area contributed by atoms with Crippen molar-refractivity contribution >= 4 is 28.9 Å². The van der Waals surface area contributed by atoms with Crippen LogP contribution in [0.25, 0.3) is 0 Å². The molecule has 2 aliphatic rings. The molecule has 2 heterocycles. The Hall–Kier alpha value is -2.80. The quantitative estimate of drug-likeness (QED) is 0.798. The molecule has 1 N–H and O–H groups in total. The summed E-state index contributed by atoms with van der Waals surface area (Å²) in [5.41, 5.74) is 2.48. The number of likely N-dealkylation sites (N-methyl/N-ethyl adjacent to an activating group) is 1. The van der Waals surface area contributed by atoms with E-state index >= 15 is 0 Å². The highest BCUT2D eigenvalue weighted by atomic mass is 32.2. The van der Waals surface area contributed by atoms with Crippen molar-refractivity contribution in [3.63, 3.8) is 0 Å². The molecule has 150 valence electrons. The third-order valence-corrected chi connectivity index (χ3v) is 6.32. The number of amidine groups is 1. The van der Waals surface area contributed by atoms with Gasteiger partial charge in [-0.1, -0.05) is 72.4 Å². The van der Waals surface area contributed by atoms with Gasteiger partial charge in [-0.3, -0.25) is 10.1 Å². The van der Waals surface area contributed by atoms with Gasteiger partial charge in [0.2, 0.25) is 0 Å². The maximum Gasteiger partial charge on any atom is 0.325 e. The van der Waals surface area contributed by atoms with E-state index in [9.17, 15) is 9.59 Å². The molecule has 0 spiro atoms. The van der Waals surface area contributed by atoms with Gasteiger partial charge in [0.15, 0.2) is 17.4 Å². The number of benzene rings is 2. The maximum atomic E-state index is 12.6. The Balaban J connectivity index is 1.49. The maximum absolute atomic E-state index is 12.6. The average molecular weight is 409 g/mol. The molecule has 7 heteroatoms. The van der Waals surface area contributed by atoms with Crippen molar-refractivity contribution in [3.8, 4) is 0 Å². The number of carbonyl (C=O) groups is 2. The molecule has 0 radical (unpaired) electrons. The van der Waals surface area contributed by atoms with Gasteiger partial charge in [0, 0.05) is 19.3 Å². The molecular formula is C22H24N4O2S. The summed E-state index contributed by atoms with van der Waals surface area (Å²) in [6.45, 7) is 0.714. The molecule has 3 amide bonds. The van der Waals surface area contributed by atoms with E-state index in [1.807, 2.05) is 36.4 Å². The highest BCUT2D eigenvalue weighted by molar-refractivity contribution is 8.13. The van der Waals surface area contributed by atoms with Crippen LogP contribution in [0.2, 0.25) is 0 Å². The monoisotopic (exact) mass is 408 g/mol. The average Bonchev–Trinajstić information content (AvgIpc) is 3.11. The second-order valence-electron chi connectivity index (χ2n) is 7.23. The molecule has 0 aliphatic carbocycles. The number of aryl methyl sites for hydroxylation is 1. The summed E-state index contributed by atoms with van der Waals surface area (Å²) in [5.74, 6) is 0.505. The van der Waals surface area contributed by atoms with E-state index in [-0.39, 0.29) is 5.91 Å². The molecule has 0 bridgehead atoms. The van der Waals surface area contributed by atoms with Gasteiger partial charge in [-0.05, 0) is 24.0 Å². The topological polar surface area (TPSA) is 65.0 Å². The Morgan fingerprint density at radius 3 is 2.34 bits per heavy atom. The van der Waals surface area contributed by atoms with E-state index in [1.165, 1.54) is 16.0 Å². The van der Waals surface area contributed by atoms with Gasteiger partial charge in [-0.15, -0.1) is 0 Å². The lowest BCUT2D eigenvalue weighted by Gasteiger charge is -2.36. The molecule has 0 aromatic heterocycles. The van der Waals surface area contributed by atoms with Crippen LogP contribution in [0.1, 0.15) is 17.5 Å². The predicted molar refractivity (Wildman–Crippen MR) is 116 cm³/mol. The van der Waals surface area contributed by atoms with Crippen LogP contribution >= 0.6 is 11.8 Å². The van der Waals surface area contributed by atoms with Gasteiger partial charge in [0.25, 0.3) is 5.91 Å². The lowest BCUT2D eigenvalue weighted by atomic mass is 10.1. The molecule has 2 atom stereocenters. The molecule has 6 nitrogen and oxygen atoms in total. The summed E-state index contributed by atoms with van der Waals surface area (Å²) in [6, 6.07) is 19.7. The summed E-state index contributed by atoms with van der Waals surface area (Å²) < 4.78 is 0. The van der Waals surface area contributed by atoms with Crippen LogP contribution in [0.15, 0.2) is 65.7 Å². The number of thioether (sulfide) groups is 1. The van der Waals surface area contributed by atoms with Gasteiger partial charge in [-0.2, -0.15) is 0 Å². The van der Waals surface area contributed by atoms with Gasteiger partial charge in [0.05, 0.1) is 0 Å². The van der Waals surface area contributed by atoms with Crippen molar-refractivity contribution < 1.29 is 9.59 Å². The van der Waals surface area contributed by atoms with E-state index < -0.39 is 18.2 Å². The fraction of sp³-hybridized carbons (Fsp3) is 0.318. The van der Waals surface area contributed by atoms with Crippen LogP contribution in [-0.2, 0) is 17.0 Å². The van der Waals surface area contributed by atoms with E-state index in [0.717, 1.165) is 23.8 Å². The van der Waals surface area contributed by atoms with Gasteiger partial charge in [0.1, 0.15) is 0 Å². The lowest BCUT2D eigenvalue weighted by Crippen LogP contribution is -2.63. The summed E-state index contributed by atoms with van der Waals surface area (Å²) in [7, 11) is 1.69. The molecule has 29 heavy (non-hydrogen) atoms. The third kappa shape index (κ3) is 4.29. The molecule has 2 unspecified atom stereocenters. The Morgan fingerprint density at radius 1 is 1.00 bits per heavy atom. The number of rotatable bonds is 6. The number of nitrogens with zero attached hydrogens (tertiary/aromatic N) is 3. The Bertz CT molecular complexity index is 904. The van der Waals surface area contributed by atoms with Gasteiger partial charge in [-0.25, -0.2) is 9.79 Å². The molecule has 1 fully saturated rings. The SMILES string of the molecule is CN1C(=O)NC(=O)C2C1N=C(SCc1ccccc1)N2CCCc1ccccc1. The summed E-state index contributed by atoms with van der Waals surface area (Å²) in [6.07, 6.45) is 1.37. The predicted octanol–water partition coefficient (Wildman–Crippen LogP) is 3.10. The van der Waals surface area contributed by atoms with Crippen LogP contribution in [0.5, 0.6) is 0 Å². The zero-order valence-corrected chi connectivity index (χ0v) is 17.1. The Labute approximate surface area is 175 Å². The van der Waals surface area contributed by atoms with Crippen molar-refractivity contribution in [2.75, 3.05) is 13.6 Å². The second kappa shape index (κ2) is 8.69. The van der Waals surface area contributed by atoms with Crippen molar-refractivity contribution in [2.45, 2.75) is 30.8 Å². The van der Waals surface area contributed by atoms with E-state index in [2.05, 4.69) is 34.5 Å². The van der Waals surface area contributed by atoms with Crippen molar-refractivity contribution in [1.82, 2.24) is 15.1 Å². The lowest BCUT2D eigenvalue weighted by molar-refractivity contribution is -0.127. The van der Waals surface area contributed by atoms with Crippen LogP contribution in [0.4, 0.5) is 4.79 Å². The largest absolute Gasteiger partial charge is 0.336 e. The summed E-state index contributed by atoms with van der Waals surface area (Å²) in [4.78, 5) is 33.0. The normalized spacial score (nSPS) is 21.1. The van der Waals surface area contributed by atoms with E-state index in [1.54, 1.807) is 18.8 Å². The van der Waals surface area contributed by atoms with E-state index in [4.69, 9.17) is 4.99 Å². The minimum atomic E-state index is -0.466. The zero-order valence-electron chi connectivity index (χ0n) is 16.3. The standard InChI is InChI=1S/C22H24N4O2S/c1-25-19-18(20(27)24-21(25)28)26(14-8-13-16-9-4-2-5-10-16)22(23-19)29-15-17-11-6-3-7-12-17/h2-7,9-12,18-19H,8,13-15H2,1H3,(H,24,27,28). The van der Waals surface area contributed by atoms with Gasteiger partial charge < -0.3 is 9.80 Å². The zero-order chi connectivity index (χ0) is 20.2. The first kappa shape index (κ1) is 19.5. The fourth-order valence-electron chi connectivity index (χ4n) is 3.68. The number of amides is 3. The fourth-order valence-corrected chi connectivity index (χ4v) is 4.72. The van der Waals surface area contributed by atoms with Crippen molar-refractivity contribution in [2.24, 2.45) is 4.99 Å². The summed E-state index contributed by atoms with van der Waals surface area (Å²) in [5, 5.41) is 3.28. The van der Waals surface area contributed by atoms with Gasteiger partial charge >= 0.3 is 6.03 Å². The van der Waals surface area contributed by atoms with E-state index in [0.29, 0.717) is 6.54 Å². The molecule has 4 rings (SSSR count). The van der Waals surface area contributed by atoms with Crippen LogP contribution in [0, 0.1) is 0 Å². The molecular weight excluding hydrogens is 384 g/mol. The molecule has 2 aliphatic heterocycles. The van der Waals surface area contributed by atoms with Crippen LogP contribution in [-0.4, -0.2) is 52.7 Å². The molecule has 1 saturated heterocycles. The number of fused-ring (bicyclic) bond motifs is 1. The first-order chi connectivity index (χ1) is 14.1. The minimum absolute atomic E-state index is 0.267. The number of hydrogen-bond acceptors (Lipinski definition) is 5. The number of urea groups is 1. The highest BCUT2D eigenvalue weighted by Crippen LogP contribution is 2.30. The highest BCUT2D eigenvalue weighted by Gasteiger charge is 2.48. The minimum Gasteiger partial charge on any atom is -0.336 e. The number of hydrogen-bond donors (Lipinski definition) is 1. The van der Waals surface area contributed by atoms with Crippen LogP contribution < -0.4 is 5.32 Å². The number of imide groups is 1. The molecule has 2 aromatic carbocycles. The van der Waals surface area contributed by atoms with Crippen LogP contribution in [0.3, 0.4) is 0 Å². The smallest absolute Gasteiger partial charge is 0.325 e. The third-order valence-electron chi connectivity index (χ3n) is 5.24. The Morgan fingerprint density at radius 2 is 1.66 bits per heavy atom. The number of carbonyl (C=O) groups excluding carboxylic acids is 2. The first-order valence-corrected chi connectivity index (χ1v) is 10.7.